The third kappa shape index (κ3) is 7.44. The van der Waals surface area contributed by atoms with E-state index in [0.717, 1.165) is 17.7 Å². The summed E-state index contributed by atoms with van der Waals surface area (Å²) in [4.78, 5) is 18.2. The molecule has 180 valence electrons. The Balaban J connectivity index is 0.000000309. The van der Waals surface area contributed by atoms with Crippen molar-refractivity contribution < 1.29 is 23.0 Å². The topological polar surface area (TPSA) is 101 Å². The second-order valence-corrected chi connectivity index (χ2v) is 6.15. The summed E-state index contributed by atoms with van der Waals surface area (Å²) in [7, 11) is 3.35. The quantitative estimate of drug-likeness (QED) is 0.250. The maximum Gasteiger partial charge on any atom is 0.586 e. The lowest BCUT2D eigenvalue weighted by atomic mass is 10.0. The number of alkyl halides is 2. The molecule has 1 aliphatic heterocycles. The molecule has 0 aliphatic carbocycles. The third-order valence-corrected chi connectivity index (χ3v) is 4.19. The van der Waals surface area contributed by atoms with E-state index < -0.39 is 6.29 Å². The van der Waals surface area contributed by atoms with Crippen molar-refractivity contribution in [2.45, 2.75) is 40.4 Å². The number of rotatable bonds is 6. The predicted octanol–water partition coefficient (Wildman–Crippen LogP) is 4.69. The van der Waals surface area contributed by atoms with Gasteiger partial charge in [0.05, 0.1) is 23.1 Å². The number of fused-ring (bicyclic) bond motifs is 2. The van der Waals surface area contributed by atoms with Gasteiger partial charge in [0.15, 0.2) is 11.5 Å². The molecule has 3 rings (SSSR count). The van der Waals surface area contributed by atoms with E-state index in [4.69, 9.17) is 0 Å². The molecule has 1 aliphatic rings. The number of halogens is 2. The van der Waals surface area contributed by atoms with Crippen molar-refractivity contribution in [2.75, 3.05) is 14.1 Å². The van der Waals surface area contributed by atoms with Crippen molar-refractivity contribution >= 4 is 22.7 Å². The van der Waals surface area contributed by atoms with Crippen molar-refractivity contribution in [3.63, 3.8) is 0 Å². The summed E-state index contributed by atoms with van der Waals surface area (Å²) in [5, 5.41) is 6.75. The lowest BCUT2D eigenvalue weighted by molar-refractivity contribution is -0.286. The molecule has 2 aromatic rings. The second-order valence-electron chi connectivity index (χ2n) is 6.15. The first-order chi connectivity index (χ1) is 15.8. The third-order valence-electron chi connectivity index (χ3n) is 4.19. The van der Waals surface area contributed by atoms with Crippen LogP contribution >= 0.6 is 0 Å². The molecule has 0 atom stereocenters. The molecule has 0 spiro atoms. The van der Waals surface area contributed by atoms with E-state index in [1.807, 2.05) is 27.7 Å². The Morgan fingerprint density at radius 3 is 2.39 bits per heavy atom. The number of carbonyl (C=O) groups excluding carboxylic acids is 1. The minimum atomic E-state index is -3.57. The molecule has 10 heteroatoms. The molecular formula is C23H31F2N5O3. The number of hydrogen-bond acceptors (Lipinski definition) is 6. The molecule has 0 bridgehead atoms. The molecule has 3 N–H and O–H groups in total. The predicted molar refractivity (Wildman–Crippen MR) is 127 cm³/mol. The number of aromatic amines is 1. The number of benzene rings is 1. The first kappa shape index (κ1) is 27.3. The summed E-state index contributed by atoms with van der Waals surface area (Å²) in [5.74, 6) is -0.0897. The SMILES string of the molecule is C=CC(=C\C(=C/C)C(=O)NC)/C(CC)=N/NC.CC.FC1(F)Oc2cc3nc[nH]c3cc2O1. The normalized spacial score (nSPS) is 14.5. The van der Waals surface area contributed by atoms with Crippen LogP contribution < -0.4 is 20.2 Å². The number of amides is 1. The van der Waals surface area contributed by atoms with Gasteiger partial charge in [-0.05, 0) is 25.0 Å². The van der Waals surface area contributed by atoms with Gasteiger partial charge in [-0.25, -0.2) is 4.98 Å². The number of hydrazone groups is 1. The van der Waals surface area contributed by atoms with Crippen LogP contribution in [0.25, 0.3) is 11.0 Å². The van der Waals surface area contributed by atoms with Crippen molar-refractivity contribution in [1.82, 2.24) is 20.7 Å². The largest absolute Gasteiger partial charge is 0.586 e. The number of H-pyrrole nitrogens is 1. The first-order valence-electron chi connectivity index (χ1n) is 10.5. The van der Waals surface area contributed by atoms with Crippen LogP contribution in [0.15, 0.2) is 59.5 Å². The van der Waals surface area contributed by atoms with Crippen LogP contribution in [0.4, 0.5) is 8.78 Å². The summed E-state index contributed by atoms with van der Waals surface area (Å²) in [6.07, 6.45) is 3.91. The Bertz CT molecular complexity index is 1000. The van der Waals surface area contributed by atoms with Crippen molar-refractivity contribution in [3.05, 3.63) is 54.4 Å². The lowest BCUT2D eigenvalue weighted by Gasteiger charge is -2.06. The molecule has 1 aromatic carbocycles. The number of ether oxygens (including phenoxy) is 2. The number of nitrogens with one attached hydrogen (secondary N) is 3. The van der Waals surface area contributed by atoms with Crippen molar-refractivity contribution in [3.8, 4) is 11.5 Å². The molecule has 1 amide bonds. The summed E-state index contributed by atoms with van der Waals surface area (Å²) < 4.78 is 33.8. The zero-order chi connectivity index (χ0) is 25.0. The number of likely N-dealkylation sites (N-methyl/N-ethyl adjacent to an activating group) is 1. The Kier molecular flexibility index (Phi) is 10.8. The van der Waals surface area contributed by atoms with Gasteiger partial charge in [0, 0.05) is 31.8 Å². The fourth-order valence-electron chi connectivity index (χ4n) is 2.71. The first-order valence-corrected chi connectivity index (χ1v) is 10.5. The summed E-state index contributed by atoms with van der Waals surface area (Å²) in [6, 6.07) is 2.83. The van der Waals surface area contributed by atoms with Crippen molar-refractivity contribution in [1.29, 1.82) is 0 Å². The van der Waals surface area contributed by atoms with Gasteiger partial charge >= 0.3 is 6.29 Å². The van der Waals surface area contributed by atoms with E-state index in [2.05, 4.69) is 41.9 Å². The van der Waals surface area contributed by atoms with Crippen LogP contribution in [0.2, 0.25) is 0 Å². The number of hydrogen-bond donors (Lipinski definition) is 3. The van der Waals surface area contributed by atoms with Gasteiger partial charge in [-0.3, -0.25) is 4.79 Å². The van der Waals surface area contributed by atoms with Crippen molar-refractivity contribution in [2.24, 2.45) is 5.10 Å². The lowest BCUT2D eigenvalue weighted by Crippen LogP contribution is -2.25. The maximum absolute atomic E-state index is 12.6. The van der Waals surface area contributed by atoms with Gasteiger partial charge < -0.3 is 25.2 Å². The Hall–Kier alpha value is -3.69. The molecule has 0 saturated carbocycles. The van der Waals surface area contributed by atoms with Gasteiger partial charge in [0.2, 0.25) is 0 Å². The minimum Gasteiger partial charge on any atom is -0.395 e. The Labute approximate surface area is 192 Å². The second kappa shape index (κ2) is 13.0. The zero-order valence-corrected chi connectivity index (χ0v) is 19.8. The smallest absolute Gasteiger partial charge is 0.395 e. The van der Waals surface area contributed by atoms with Gasteiger partial charge in [0.1, 0.15) is 0 Å². The molecule has 0 radical (unpaired) electrons. The van der Waals surface area contributed by atoms with Crippen LogP contribution in [0.3, 0.4) is 0 Å². The summed E-state index contributed by atoms with van der Waals surface area (Å²) >= 11 is 0. The molecule has 0 unspecified atom stereocenters. The molecule has 2 heterocycles. The zero-order valence-electron chi connectivity index (χ0n) is 19.8. The van der Waals surface area contributed by atoms with E-state index in [1.165, 1.54) is 18.5 Å². The van der Waals surface area contributed by atoms with E-state index in [0.29, 0.717) is 16.6 Å². The Morgan fingerprint density at radius 2 is 1.88 bits per heavy atom. The summed E-state index contributed by atoms with van der Waals surface area (Å²) in [6.45, 7) is 11.6. The molecular weight excluding hydrogens is 432 g/mol. The van der Waals surface area contributed by atoms with Gasteiger partial charge in [0.25, 0.3) is 5.91 Å². The van der Waals surface area contributed by atoms with Gasteiger partial charge in [-0.1, -0.05) is 39.5 Å². The molecule has 0 fully saturated rings. The number of carbonyl (C=O) groups is 1. The average molecular weight is 464 g/mol. The highest BCUT2D eigenvalue weighted by Gasteiger charge is 2.43. The molecule has 1 aromatic heterocycles. The Morgan fingerprint density at radius 1 is 1.24 bits per heavy atom. The van der Waals surface area contributed by atoms with Crippen LogP contribution in [-0.2, 0) is 4.79 Å². The summed E-state index contributed by atoms with van der Waals surface area (Å²) in [5.41, 5.74) is 6.25. The van der Waals surface area contributed by atoms with Crippen LogP contribution in [0, 0.1) is 0 Å². The average Bonchev–Trinajstić information content (AvgIpc) is 3.39. The molecule has 8 nitrogen and oxygen atoms in total. The number of imidazole rings is 1. The molecule has 0 saturated heterocycles. The number of aromatic nitrogens is 2. The van der Waals surface area contributed by atoms with Crippen LogP contribution in [0.1, 0.15) is 34.1 Å². The molecule has 33 heavy (non-hydrogen) atoms. The van der Waals surface area contributed by atoms with Crippen LogP contribution in [-0.4, -0.2) is 42.0 Å². The van der Waals surface area contributed by atoms with Gasteiger partial charge in [-0.15, -0.1) is 8.78 Å². The van der Waals surface area contributed by atoms with E-state index >= 15 is 0 Å². The standard InChI is InChI=1S/C13H21N3O.C8H4F2N2O2.C2H6/c1-6-10(12(8-3)16-15-5)9-11(7-2)13(17)14-4;9-8(10)13-6-1-4-5(12-3-11-4)2-7(6)14-8;1-2/h6-7,9,15H,1,8H2,2-5H3,(H,14,17);1-3H,(H,11,12);1-2H3/b10-9+,11-7+,16-12+;;. The highest BCUT2D eigenvalue weighted by molar-refractivity contribution is 6.05. The van der Waals surface area contributed by atoms with E-state index in [1.54, 1.807) is 32.3 Å². The highest BCUT2D eigenvalue weighted by Crippen LogP contribution is 2.42. The minimum absolute atomic E-state index is 0.00889. The number of allylic oxidation sites excluding steroid dienone is 3. The maximum atomic E-state index is 12.6. The number of nitrogens with zero attached hydrogens (tertiary/aromatic N) is 2. The van der Waals surface area contributed by atoms with E-state index in [9.17, 15) is 13.6 Å². The monoisotopic (exact) mass is 463 g/mol. The van der Waals surface area contributed by atoms with Crippen LogP contribution in [0.5, 0.6) is 11.5 Å². The fourth-order valence-corrected chi connectivity index (χ4v) is 2.71. The van der Waals surface area contributed by atoms with E-state index in [-0.39, 0.29) is 17.4 Å². The highest BCUT2D eigenvalue weighted by atomic mass is 19.3. The fraction of sp³-hybridized carbons (Fsp3) is 0.348. The van der Waals surface area contributed by atoms with Gasteiger partial charge in [-0.2, -0.15) is 5.10 Å².